The number of hydrogen-bond acceptors (Lipinski definition) is 4. The van der Waals surface area contributed by atoms with Crippen LogP contribution in [0.25, 0.3) is 0 Å². The summed E-state index contributed by atoms with van der Waals surface area (Å²) in [6.07, 6.45) is 7.25. The Labute approximate surface area is 143 Å². The van der Waals surface area contributed by atoms with Crippen LogP contribution in [0.2, 0.25) is 0 Å². The molecule has 2 aliphatic rings. The van der Waals surface area contributed by atoms with Gasteiger partial charge in [0.1, 0.15) is 5.76 Å². The standard InChI is InChI=1S/C18H29N3O3/c1-5-23-15-11-14(18(15)9-7-6-8-10-18)21(4)17(22)20-16-19-12(2)13(3)24-16/h14-15H,5-11H2,1-4H3,(H,19,20,22)/t14-,15+/m1/s1. The molecule has 3 rings (SSSR count). The SMILES string of the molecule is CCO[C@H]1C[C@@H](N(C)C(=O)Nc2nc(C)c(C)o2)C12CCCCC2. The number of rotatable bonds is 4. The van der Waals surface area contributed by atoms with Crippen molar-refractivity contribution in [3.05, 3.63) is 11.5 Å². The number of anilines is 1. The lowest BCUT2D eigenvalue weighted by molar-refractivity contribution is -0.169. The van der Waals surface area contributed by atoms with Crippen LogP contribution in [0.15, 0.2) is 4.42 Å². The molecule has 2 aliphatic carbocycles. The lowest BCUT2D eigenvalue weighted by atomic mass is 9.54. The van der Waals surface area contributed by atoms with E-state index < -0.39 is 0 Å². The van der Waals surface area contributed by atoms with Gasteiger partial charge in [0.25, 0.3) is 0 Å². The fourth-order valence-corrected chi connectivity index (χ4v) is 4.42. The van der Waals surface area contributed by atoms with Crippen LogP contribution in [0.5, 0.6) is 0 Å². The quantitative estimate of drug-likeness (QED) is 0.906. The van der Waals surface area contributed by atoms with Gasteiger partial charge in [0, 0.05) is 25.1 Å². The predicted octanol–water partition coefficient (Wildman–Crippen LogP) is 3.88. The van der Waals surface area contributed by atoms with Gasteiger partial charge in [-0.2, -0.15) is 4.98 Å². The number of hydrogen-bond donors (Lipinski definition) is 1. The molecule has 2 amide bonds. The molecule has 2 saturated carbocycles. The van der Waals surface area contributed by atoms with Crippen molar-refractivity contribution in [2.45, 2.75) is 71.4 Å². The van der Waals surface area contributed by atoms with E-state index in [1.807, 2.05) is 32.7 Å². The largest absolute Gasteiger partial charge is 0.428 e. The Kier molecular flexibility index (Phi) is 4.85. The highest BCUT2D eigenvalue weighted by Gasteiger charge is 2.57. The van der Waals surface area contributed by atoms with Gasteiger partial charge in [0.15, 0.2) is 0 Å². The molecule has 134 valence electrons. The molecule has 6 heteroatoms. The van der Waals surface area contributed by atoms with E-state index in [0.29, 0.717) is 0 Å². The predicted molar refractivity (Wildman–Crippen MR) is 92.1 cm³/mol. The smallest absolute Gasteiger partial charge is 0.325 e. The second-order valence-electron chi connectivity index (χ2n) is 7.19. The third-order valence-electron chi connectivity index (χ3n) is 5.92. The van der Waals surface area contributed by atoms with Crippen LogP contribution in [-0.4, -0.2) is 41.7 Å². The summed E-state index contributed by atoms with van der Waals surface area (Å²) in [4.78, 5) is 18.7. The number of carbonyl (C=O) groups is 1. The van der Waals surface area contributed by atoms with Crippen LogP contribution in [0.1, 0.15) is 56.9 Å². The molecule has 1 aromatic heterocycles. The third-order valence-corrected chi connectivity index (χ3v) is 5.92. The van der Waals surface area contributed by atoms with Crippen LogP contribution < -0.4 is 5.32 Å². The van der Waals surface area contributed by atoms with Gasteiger partial charge in [0.2, 0.25) is 0 Å². The van der Waals surface area contributed by atoms with E-state index in [2.05, 4.69) is 10.3 Å². The van der Waals surface area contributed by atoms with Crippen molar-refractivity contribution in [3.8, 4) is 0 Å². The number of aryl methyl sites for hydroxylation is 2. The summed E-state index contributed by atoms with van der Waals surface area (Å²) in [6.45, 7) is 6.50. The number of carbonyl (C=O) groups excluding carboxylic acids is 1. The molecule has 1 heterocycles. The van der Waals surface area contributed by atoms with Gasteiger partial charge in [-0.3, -0.25) is 5.32 Å². The average molecular weight is 335 g/mol. The van der Waals surface area contributed by atoms with Crippen LogP contribution in [-0.2, 0) is 4.74 Å². The molecule has 0 saturated heterocycles. The minimum absolute atomic E-state index is 0.128. The van der Waals surface area contributed by atoms with Gasteiger partial charge >= 0.3 is 12.0 Å². The highest BCUT2D eigenvalue weighted by Crippen LogP contribution is 2.55. The number of ether oxygens (including phenoxy) is 1. The van der Waals surface area contributed by atoms with E-state index in [9.17, 15) is 4.79 Å². The second kappa shape index (κ2) is 6.75. The zero-order valence-corrected chi connectivity index (χ0v) is 15.2. The summed E-state index contributed by atoms with van der Waals surface area (Å²) >= 11 is 0. The topological polar surface area (TPSA) is 67.6 Å². The summed E-state index contributed by atoms with van der Waals surface area (Å²) in [7, 11) is 1.88. The van der Waals surface area contributed by atoms with E-state index in [1.54, 1.807) is 0 Å². The number of aromatic nitrogens is 1. The van der Waals surface area contributed by atoms with Crippen molar-refractivity contribution in [3.63, 3.8) is 0 Å². The first-order chi connectivity index (χ1) is 11.5. The van der Waals surface area contributed by atoms with Gasteiger partial charge in [-0.05, 0) is 40.0 Å². The first-order valence-corrected chi connectivity index (χ1v) is 9.07. The Balaban J connectivity index is 1.69. The second-order valence-corrected chi connectivity index (χ2v) is 7.19. The summed E-state index contributed by atoms with van der Waals surface area (Å²) in [5.74, 6) is 0.733. The van der Waals surface area contributed by atoms with Crippen molar-refractivity contribution < 1.29 is 13.9 Å². The summed E-state index contributed by atoms with van der Waals surface area (Å²) < 4.78 is 11.4. The maximum Gasteiger partial charge on any atom is 0.325 e. The van der Waals surface area contributed by atoms with Crippen molar-refractivity contribution in [2.24, 2.45) is 5.41 Å². The molecule has 0 aromatic carbocycles. The van der Waals surface area contributed by atoms with E-state index >= 15 is 0 Å². The summed E-state index contributed by atoms with van der Waals surface area (Å²) in [5.41, 5.74) is 0.930. The Morgan fingerprint density at radius 3 is 2.67 bits per heavy atom. The minimum atomic E-state index is -0.152. The number of nitrogens with zero attached hydrogens (tertiary/aromatic N) is 2. The molecule has 0 aliphatic heterocycles. The molecule has 0 bridgehead atoms. The van der Waals surface area contributed by atoms with Gasteiger partial charge < -0.3 is 14.1 Å². The fraction of sp³-hybridized carbons (Fsp3) is 0.778. The lowest BCUT2D eigenvalue weighted by Gasteiger charge is -2.59. The van der Waals surface area contributed by atoms with Crippen molar-refractivity contribution >= 4 is 12.0 Å². The Morgan fingerprint density at radius 2 is 2.08 bits per heavy atom. The molecule has 1 N–H and O–H groups in total. The molecule has 24 heavy (non-hydrogen) atoms. The van der Waals surface area contributed by atoms with Crippen LogP contribution in [0.3, 0.4) is 0 Å². The van der Waals surface area contributed by atoms with E-state index in [1.165, 1.54) is 19.3 Å². The molecule has 0 radical (unpaired) electrons. The molecule has 1 aromatic rings. The molecule has 0 unspecified atom stereocenters. The first-order valence-electron chi connectivity index (χ1n) is 9.07. The third kappa shape index (κ3) is 2.92. The monoisotopic (exact) mass is 335 g/mol. The van der Waals surface area contributed by atoms with Crippen molar-refractivity contribution in [1.29, 1.82) is 0 Å². The van der Waals surface area contributed by atoms with E-state index in [4.69, 9.17) is 9.15 Å². The van der Waals surface area contributed by atoms with Crippen molar-refractivity contribution in [2.75, 3.05) is 19.0 Å². The maximum absolute atomic E-state index is 12.6. The van der Waals surface area contributed by atoms with Gasteiger partial charge in [-0.1, -0.05) is 19.3 Å². The van der Waals surface area contributed by atoms with Crippen LogP contribution in [0, 0.1) is 19.3 Å². The van der Waals surface area contributed by atoms with E-state index in [-0.39, 0.29) is 29.6 Å². The van der Waals surface area contributed by atoms with Gasteiger partial charge in [-0.15, -0.1) is 0 Å². The van der Waals surface area contributed by atoms with Crippen LogP contribution >= 0.6 is 0 Å². The lowest BCUT2D eigenvalue weighted by Crippen LogP contribution is -2.66. The van der Waals surface area contributed by atoms with Crippen molar-refractivity contribution in [1.82, 2.24) is 9.88 Å². The van der Waals surface area contributed by atoms with E-state index in [0.717, 1.165) is 37.3 Å². The molecule has 2 atom stereocenters. The summed E-state index contributed by atoms with van der Waals surface area (Å²) in [6, 6.07) is 0.355. The average Bonchev–Trinajstić information content (AvgIpc) is 2.89. The number of oxazole rings is 1. The maximum atomic E-state index is 12.6. The first kappa shape index (κ1) is 17.3. The van der Waals surface area contributed by atoms with Gasteiger partial charge in [0.05, 0.1) is 11.8 Å². The number of nitrogens with one attached hydrogen (secondary N) is 1. The minimum Gasteiger partial charge on any atom is -0.428 e. The fourth-order valence-electron chi connectivity index (χ4n) is 4.42. The van der Waals surface area contributed by atoms with Gasteiger partial charge in [-0.25, -0.2) is 4.79 Å². The zero-order chi connectivity index (χ0) is 17.3. The number of amides is 2. The zero-order valence-electron chi connectivity index (χ0n) is 15.2. The molecular weight excluding hydrogens is 306 g/mol. The molecule has 1 spiro atoms. The summed E-state index contributed by atoms with van der Waals surface area (Å²) in [5, 5.41) is 2.79. The Hall–Kier alpha value is -1.56. The molecule has 2 fully saturated rings. The molecular formula is C18H29N3O3. The highest BCUT2D eigenvalue weighted by molar-refractivity contribution is 5.87. The molecule has 6 nitrogen and oxygen atoms in total. The highest BCUT2D eigenvalue weighted by atomic mass is 16.5. The van der Waals surface area contributed by atoms with Crippen LogP contribution in [0.4, 0.5) is 10.8 Å². The Morgan fingerprint density at radius 1 is 1.38 bits per heavy atom. The normalized spacial score (nSPS) is 25.3. The number of urea groups is 1. The Bertz CT molecular complexity index is 573.